The Morgan fingerprint density at radius 1 is 1.11 bits per heavy atom. The fraction of sp³-hybridized carbons (Fsp3) is 0.286. The van der Waals surface area contributed by atoms with E-state index in [0.717, 1.165) is 43.5 Å². The minimum absolute atomic E-state index is 0.0366. The van der Waals surface area contributed by atoms with E-state index in [0.29, 0.717) is 17.7 Å². The number of rotatable bonds is 8. The maximum absolute atomic E-state index is 13.0. The number of hydrogen-bond donors (Lipinski definition) is 0. The molecule has 1 aromatic heterocycles. The minimum Gasteiger partial charge on any atom is -0.490 e. The van der Waals surface area contributed by atoms with Gasteiger partial charge >= 0.3 is 0 Å². The molecule has 0 N–H and O–H groups in total. The second kappa shape index (κ2) is 9.38. The summed E-state index contributed by atoms with van der Waals surface area (Å²) in [5.41, 5.74) is 1.96. The first kappa shape index (κ1) is 20.6. The molecule has 4 nitrogen and oxygen atoms in total. The van der Waals surface area contributed by atoms with Crippen molar-refractivity contribution in [2.24, 2.45) is 0 Å². The molecule has 0 aliphatic carbocycles. The second-order valence-electron chi connectivity index (χ2n) is 6.12. The molecular formula is C21H21I2NO3. The van der Waals surface area contributed by atoms with Gasteiger partial charge in [-0.25, -0.2) is 0 Å². The Labute approximate surface area is 186 Å². The molecule has 0 radical (unpaired) electrons. The predicted molar refractivity (Wildman–Crippen MR) is 125 cm³/mol. The van der Waals surface area contributed by atoms with E-state index in [4.69, 9.17) is 9.15 Å². The van der Waals surface area contributed by atoms with Gasteiger partial charge in [0, 0.05) is 17.5 Å². The summed E-state index contributed by atoms with van der Waals surface area (Å²) < 4.78 is 13.4. The second-order valence-corrected chi connectivity index (χ2v) is 8.44. The van der Waals surface area contributed by atoms with E-state index in [1.807, 2.05) is 36.4 Å². The fourth-order valence-corrected chi connectivity index (χ4v) is 5.03. The molecule has 6 heteroatoms. The summed E-state index contributed by atoms with van der Waals surface area (Å²) in [7, 11) is 0. The molecule has 0 saturated carbocycles. The highest BCUT2D eigenvalue weighted by atomic mass is 127. The maximum atomic E-state index is 13.0. The van der Waals surface area contributed by atoms with Gasteiger partial charge in [0.25, 0.3) is 0 Å². The zero-order valence-corrected chi connectivity index (χ0v) is 19.6. The Bertz CT molecular complexity index is 924. The van der Waals surface area contributed by atoms with Crippen LogP contribution in [0.3, 0.4) is 0 Å². The van der Waals surface area contributed by atoms with Crippen LogP contribution in [0.2, 0.25) is 0 Å². The van der Waals surface area contributed by atoms with Gasteiger partial charge in [0.1, 0.15) is 24.2 Å². The highest BCUT2D eigenvalue weighted by Gasteiger charge is 2.19. The zero-order valence-electron chi connectivity index (χ0n) is 15.3. The zero-order chi connectivity index (χ0) is 19.4. The summed E-state index contributed by atoms with van der Waals surface area (Å²) >= 11 is 4.47. The molecule has 0 fully saturated rings. The van der Waals surface area contributed by atoms with Crippen molar-refractivity contribution in [1.82, 2.24) is 4.90 Å². The molecule has 3 aromatic rings. The molecule has 0 amide bonds. The lowest BCUT2D eigenvalue weighted by Crippen LogP contribution is -2.28. The first-order valence-electron chi connectivity index (χ1n) is 8.90. The number of ketones is 1. The normalized spacial score (nSPS) is 11.3. The minimum atomic E-state index is -0.0366. The summed E-state index contributed by atoms with van der Waals surface area (Å²) in [6, 6.07) is 11.4. The molecule has 0 unspecified atom stereocenters. The average Bonchev–Trinajstić information content (AvgIpc) is 3.10. The van der Waals surface area contributed by atoms with Gasteiger partial charge in [-0.2, -0.15) is 0 Å². The highest BCUT2D eigenvalue weighted by Crippen LogP contribution is 2.31. The Hall–Kier alpha value is -1.13. The van der Waals surface area contributed by atoms with Gasteiger partial charge in [-0.05, 0) is 76.5 Å². The number of carbonyl (C=O) groups excluding carboxylic acids is 1. The van der Waals surface area contributed by atoms with Crippen molar-refractivity contribution >= 4 is 61.9 Å². The van der Waals surface area contributed by atoms with Gasteiger partial charge in [-0.15, -0.1) is 0 Å². The fourth-order valence-electron chi connectivity index (χ4n) is 2.95. The van der Waals surface area contributed by atoms with Crippen LogP contribution in [-0.4, -0.2) is 36.9 Å². The van der Waals surface area contributed by atoms with Crippen molar-refractivity contribution in [3.63, 3.8) is 0 Å². The molecule has 1 heterocycles. The SMILES string of the molecule is CCN(CC)CCOc1c(I)cc(C(=O)c2coc3ccccc23)cc1I. The van der Waals surface area contributed by atoms with E-state index in [2.05, 4.69) is 63.9 Å². The van der Waals surface area contributed by atoms with Crippen LogP contribution < -0.4 is 4.74 Å². The smallest absolute Gasteiger partial charge is 0.196 e. The molecule has 0 aliphatic rings. The van der Waals surface area contributed by atoms with Gasteiger partial charge in [0.05, 0.1) is 12.7 Å². The molecule has 0 spiro atoms. The summed E-state index contributed by atoms with van der Waals surface area (Å²) in [4.78, 5) is 15.3. The van der Waals surface area contributed by atoms with Crippen LogP contribution in [0.1, 0.15) is 29.8 Å². The third-order valence-corrected chi connectivity index (χ3v) is 6.14. The summed E-state index contributed by atoms with van der Waals surface area (Å²) in [6.45, 7) is 7.85. The lowest BCUT2D eigenvalue weighted by atomic mass is 10.0. The molecule has 0 bridgehead atoms. The van der Waals surface area contributed by atoms with Crippen LogP contribution in [0.5, 0.6) is 5.75 Å². The predicted octanol–water partition coefficient (Wildman–Crippen LogP) is 5.59. The lowest BCUT2D eigenvalue weighted by molar-refractivity contribution is 0.103. The van der Waals surface area contributed by atoms with E-state index in [-0.39, 0.29) is 5.78 Å². The van der Waals surface area contributed by atoms with Crippen LogP contribution in [0.4, 0.5) is 0 Å². The lowest BCUT2D eigenvalue weighted by Gasteiger charge is -2.19. The Morgan fingerprint density at radius 2 is 1.78 bits per heavy atom. The van der Waals surface area contributed by atoms with Crippen molar-refractivity contribution in [3.05, 3.63) is 60.9 Å². The number of likely N-dealkylation sites (N-methyl/N-ethyl adjacent to an activating group) is 1. The van der Waals surface area contributed by atoms with Crippen molar-refractivity contribution < 1.29 is 13.9 Å². The standard InChI is InChI=1S/C21H21I2NO3/c1-3-24(4-2)9-10-26-21-17(22)11-14(12-18(21)23)20(25)16-13-27-19-8-6-5-7-15(16)19/h5-8,11-13H,3-4,9-10H2,1-2H3. The van der Waals surface area contributed by atoms with Crippen LogP contribution >= 0.6 is 45.2 Å². The Kier molecular flexibility index (Phi) is 7.16. The molecule has 142 valence electrons. The van der Waals surface area contributed by atoms with Crippen LogP contribution in [0, 0.1) is 7.14 Å². The van der Waals surface area contributed by atoms with E-state index < -0.39 is 0 Å². The molecule has 0 aliphatic heterocycles. The molecule has 0 saturated heterocycles. The van der Waals surface area contributed by atoms with Gasteiger partial charge in [-0.3, -0.25) is 4.79 Å². The number of furan rings is 1. The number of hydrogen-bond acceptors (Lipinski definition) is 4. The molecule has 3 rings (SSSR count). The van der Waals surface area contributed by atoms with E-state index in [9.17, 15) is 4.79 Å². The van der Waals surface area contributed by atoms with E-state index in [1.54, 1.807) is 6.26 Å². The maximum Gasteiger partial charge on any atom is 0.196 e. The Balaban J connectivity index is 1.81. The number of fused-ring (bicyclic) bond motifs is 1. The highest BCUT2D eigenvalue weighted by molar-refractivity contribution is 14.1. The number of benzene rings is 2. The molecule has 2 aromatic carbocycles. The summed E-state index contributed by atoms with van der Waals surface area (Å²) in [6.07, 6.45) is 1.54. The first-order valence-corrected chi connectivity index (χ1v) is 11.1. The van der Waals surface area contributed by atoms with Crippen molar-refractivity contribution in [3.8, 4) is 5.75 Å². The van der Waals surface area contributed by atoms with Crippen molar-refractivity contribution in [2.45, 2.75) is 13.8 Å². The average molecular weight is 589 g/mol. The van der Waals surface area contributed by atoms with Gasteiger partial charge in [0.15, 0.2) is 5.78 Å². The topological polar surface area (TPSA) is 42.7 Å². The van der Waals surface area contributed by atoms with Crippen molar-refractivity contribution in [2.75, 3.05) is 26.2 Å². The third-order valence-electron chi connectivity index (χ3n) is 4.53. The first-order chi connectivity index (χ1) is 13.0. The third kappa shape index (κ3) is 4.65. The number of carbonyl (C=O) groups is 1. The van der Waals surface area contributed by atoms with E-state index >= 15 is 0 Å². The monoisotopic (exact) mass is 589 g/mol. The summed E-state index contributed by atoms with van der Waals surface area (Å²) in [5.74, 6) is 0.808. The number of para-hydroxylation sites is 1. The van der Waals surface area contributed by atoms with Gasteiger partial charge in [-0.1, -0.05) is 32.0 Å². The molecular weight excluding hydrogens is 568 g/mol. The molecule has 0 atom stereocenters. The number of halogens is 2. The largest absolute Gasteiger partial charge is 0.490 e. The van der Waals surface area contributed by atoms with Crippen LogP contribution in [-0.2, 0) is 0 Å². The molecule has 27 heavy (non-hydrogen) atoms. The van der Waals surface area contributed by atoms with Crippen molar-refractivity contribution in [1.29, 1.82) is 0 Å². The number of nitrogens with zero attached hydrogens (tertiary/aromatic N) is 1. The van der Waals surface area contributed by atoms with Gasteiger partial charge < -0.3 is 14.1 Å². The van der Waals surface area contributed by atoms with Crippen LogP contribution in [0.25, 0.3) is 11.0 Å². The van der Waals surface area contributed by atoms with E-state index in [1.165, 1.54) is 0 Å². The summed E-state index contributed by atoms with van der Waals surface area (Å²) in [5, 5.41) is 0.840. The Morgan fingerprint density at radius 3 is 2.44 bits per heavy atom. The quantitative estimate of drug-likeness (QED) is 0.254. The van der Waals surface area contributed by atoms with Gasteiger partial charge in [0.2, 0.25) is 0 Å². The number of ether oxygens (including phenoxy) is 1. The van der Waals surface area contributed by atoms with Crippen LogP contribution in [0.15, 0.2) is 47.1 Å².